The molecule has 6 nitrogen and oxygen atoms in total. The first kappa shape index (κ1) is 17.6. The van der Waals surface area contributed by atoms with Gasteiger partial charge in [-0.1, -0.05) is 19.1 Å². The second kappa shape index (κ2) is 7.35. The molecule has 0 aromatic heterocycles. The summed E-state index contributed by atoms with van der Waals surface area (Å²) < 4.78 is 5.48. The fourth-order valence-electron chi connectivity index (χ4n) is 3.27. The minimum Gasteiger partial charge on any atom is -0.377 e. The number of hydrazone groups is 1. The third-order valence-electron chi connectivity index (χ3n) is 4.83. The predicted molar refractivity (Wildman–Crippen MR) is 96.7 cm³/mol. The van der Waals surface area contributed by atoms with Crippen LogP contribution in [0.15, 0.2) is 23.3 Å². The van der Waals surface area contributed by atoms with Gasteiger partial charge >= 0.3 is 0 Å². The lowest BCUT2D eigenvalue weighted by Gasteiger charge is -2.36. The molecule has 0 spiro atoms. The Hall–Kier alpha value is -2.21. The van der Waals surface area contributed by atoms with Gasteiger partial charge in [0.05, 0.1) is 24.9 Å². The Morgan fingerprint density at radius 3 is 2.88 bits per heavy atom. The van der Waals surface area contributed by atoms with Gasteiger partial charge < -0.3 is 9.64 Å². The van der Waals surface area contributed by atoms with Crippen LogP contribution in [0.1, 0.15) is 37.3 Å². The molecule has 0 saturated carbocycles. The van der Waals surface area contributed by atoms with Crippen molar-refractivity contribution in [3.63, 3.8) is 0 Å². The van der Waals surface area contributed by atoms with E-state index in [2.05, 4.69) is 5.10 Å². The number of carbonyl (C=O) groups is 2. The first-order chi connectivity index (χ1) is 12.0. The molecule has 25 heavy (non-hydrogen) atoms. The predicted octanol–water partition coefficient (Wildman–Crippen LogP) is 2.42. The van der Waals surface area contributed by atoms with Crippen LogP contribution in [0.5, 0.6) is 0 Å². The lowest BCUT2D eigenvalue weighted by molar-refractivity contribution is -0.132. The smallest absolute Gasteiger partial charge is 0.270 e. The Kier molecular flexibility index (Phi) is 5.18. The van der Waals surface area contributed by atoms with E-state index in [1.54, 1.807) is 0 Å². The Morgan fingerprint density at radius 2 is 2.12 bits per heavy atom. The summed E-state index contributed by atoms with van der Waals surface area (Å²) >= 11 is 0. The Balaban J connectivity index is 1.90. The van der Waals surface area contributed by atoms with Gasteiger partial charge in [0, 0.05) is 19.4 Å². The highest BCUT2D eigenvalue weighted by molar-refractivity contribution is 6.40. The van der Waals surface area contributed by atoms with Crippen LogP contribution in [-0.2, 0) is 14.3 Å². The number of carbonyl (C=O) groups excluding carboxylic acids is 2. The number of hydrogen-bond acceptors (Lipinski definition) is 4. The average Bonchev–Trinajstić information content (AvgIpc) is 2.63. The molecule has 1 atom stereocenters. The molecule has 0 radical (unpaired) electrons. The van der Waals surface area contributed by atoms with Crippen molar-refractivity contribution < 1.29 is 14.3 Å². The molecule has 1 aromatic carbocycles. The second-order valence-corrected chi connectivity index (χ2v) is 6.68. The second-order valence-electron chi connectivity index (χ2n) is 6.68. The number of hydrogen-bond donors (Lipinski definition) is 0. The SMILES string of the molecule is CC[C@H]1COCCN1C(=O)C1=NN(c2cc(C)ccc2C)C(=O)CC1. The fourth-order valence-corrected chi connectivity index (χ4v) is 3.27. The van der Waals surface area contributed by atoms with Crippen LogP contribution < -0.4 is 5.01 Å². The van der Waals surface area contributed by atoms with Crippen molar-refractivity contribution in [2.45, 2.75) is 46.1 Å². The summed E-state index contributed by atoms with van der Waals surface area (Å²) in [7, 11) is 0. The topological polar surface area (TPSA) is 62.2 Å². The molecule has 2 amide bonds. The fraction of sp³-hybridized carbons (Fsp3) is 0.526. The molecule has 0 N–H and O–H groups in total. The van der Waals surface area contributed by atoms with Crippen LogP contribution in [0.4, 0.5) is 5.69 Å². The molecule has 0 aliphatic carbocycles. The maximum Gasteiger partial charge on any atom is 0.270 e. The molecule has 134 valence electrons. The summed E-state index contributed by atoms with van der Waals surface area (Å²) in [6, 6.07) is 5.99. The van der Waals surface area contributed by atoms with Gasteiger partial charge in [-0.2, -0.15) is 5.10 Å². The Bertz CT molecular complexity index is 714. The zero-order valence-corrected chi connectivity index (χ0v) is 15.1. The number of amides is 2. The largest absolute Gasteiger partial charge is 0.377 e. The van der Waals surface area contributed by atoms with Crippen molar-refractivity contribution in [2.75, 3.05) is 24.8 Å². The van der Waals surface area contributed by atoms with E-state index in [4.69, 9.17) is 4.74 Å². The number of rotatable bonds is 3. The molecular weight excluding hydrogens is 318 g/mol. The van der Waals surface area contributed by atoms with Crippen LogP contribution >= 0.6 is 0 Å². The molecule has 3 rings (SSSR count). The van der Waals surface area contributed by atoms with Gasteiger partial charge in [0.15, 0.2) is 0 Å². The van der Waals surface area contributed by atoms with Crippen LogP contribution in [-0.4, -0.2) is 48.2 Å². The van der Waals surface area contributed by atoms with Crippen molar-refractivity contribution in [1.29, 1.82) is 0 Å². The minimum atomic E-state index is -0.0713. The third kappa shape index (κ3) is 3.58. The molecule has 1 fully saturated rings. The van der Waals surface area contributed by atoms with Gasteiger partial charge in [-0.05, 0) is 37.5 Å². The van der Waals surface area contributed by atoms with E-state index in [0.29, 0.717) is 38.3 Å². The number of anilines is 1. The van der Waals surface area contributed by atoms with Crippen LogP contribution in [0.2, 0.25) is 0 Å². The van der Waals surface area contributed by atoms with E-state index in [1.807, 2.05) is 43.9 Å². The molecular formula is C19H25N3O3. The molecule has 2 heterocycles. The van der Waals surface area contributed by atoms with E-state index in [9.17, 15) is 9.59 Å². The van der Waals surface area contributed by atoms with E-state index >= 15 is 0 Å². The standard InChI is InChI=1S/C19H25N3O3/c1-4-15-12-25-10-9-21(15)19(24)16-7-8-18(23)22(20-16)17-11-13(2)5-6-14(17)3/h5-6,11,15H,4,7-10,12H2,1-3H3/t15-/m0/s1. The summed E-state index contributed by atoms with van der Waals surface area (Å²) in [5, 5.41) is 5.85. The van der Waals surface area contributed by atoms with Crippen LogP contribution in [0.3, 0.4) is 0 Å². The van der Waals surface area contributed by atoms with Crippen molar-refractivity contribution in [3.8, 4) is 0 Å². The van der Waals surface area contributed by atoms with E-state index in [-0.39, 0.29) is 17.9 Å². The maximum atomic E-state index is 13.0. The summed E-state index contributed by atoms with van der Waals surface area (Å²) in [6.45, 7) is 7.67. The quantitative estimate of drug-likeness (QED) is 0.847. The molecule has 0 unspecified atom stereocenters. The van der Waals surface area contributed by atoms with Crippen molar-refractivity contribution >= 4 is 23.2 Å². The molecule has 1 aromatic rings. The number of morpholine rings is 1. The number of nitrogens with zero attached hydrogens (tertiary/aromatic N) is 3. The van der Waals surface area contributed by atoms with Crippen LogP contribution in [0.25, 0.3) is 0 Å². The van der Waals surface area contributed by atoms with Crippen molar-refractivity contribution in [1.82, 2.24) is 4.90 Å². The zero-order valence-electron chi connectivity index (χ0n) is 15.1. The molecule has 2 aliphatic rings. The molecule has 0 bridgehead atoms. The monoisotopic (exact) mass is 343 g/mol. The third-order valence-corrected chi connectivity index (χ3v) is 4.83. The average molecular weight is 343 g/mol. The van der Waals surface area contributed by atoms with Crippen LogP contribution in [0, 0.1) is 13.8 Å². The zero-order chi connectivity index (χ0) is 18.0. The summed E-state index contributed by atoms with van der Waals surface area (Å²) in [5.74, 6) is -0.141. The van der Waals surface area contributed by atoms with Gasteiger partial charge in [0.25, 0.3) is 5.91 Å². The van der Waals surface area contributed by atoms with Gasteiger partial charge in [-0.25, -0.2) is 5.01 Å². The first-order valence-corrected chi connectivity index (χ1v) is 8.87. The number of aryl methyl sites for hydroxylation is 2. The highest BCUT2D eigenvalue weighted by Crippen LogP contribution is 2.26. The number of benzene rings is 1. The van der Waals surface area contributed by atoms with Gasteiger partial charge in [0.1, 0.15) is 5.71 Å². The number of ether oxygens (including phenoxy) is 1. The van der Waals surface area contributed by atoms with Gasteiger partial charge in [-0.15, -0.1) is 0 Å². The summed E-state index contributed by atoms with van der Waals surface area (Å²) in [6.07, 6.45) is 1.55. The summed E-state index contributed by atoms with van der Waals surface area (Å²) in [4.78, 5) is 27.2. The highest BCUT2D eigenvalue weighted by Gasteiger charge is 2.32. The maximum absolute atomic E-state index is 13.0. The molecule has 1 saturated heterocycles. The van der Waals surface area contributed by atoms with E-state index in [1.165, 1.54) is 5.01 Å². The van der Waals surface area contributed by atoms with Gasteiger partial charge in [-0.3, -0.25) is 9.59 Å². The summed E-state index contributed by atoms with van der Waals surface area (Å²) in [5.41, 5.74) is 3.24. The Labute approximate surface area is 148 Å². The first-order valence-electron chi connectivity index (χ1n) is 8.87. The minimum absolute atomic E-state index is 0.0701. The van der Waals surface area contributed by atoms with Crippen molar-refractivity contribution in [2.24, 2.45) is 5.10 Å². The lowest BCUT2D eigenvalue weighted by Crippen LogP contribution is -2.52. The molecule has 2 aliphatic heterocycles. The van der Waals surface area contributed by atoms with Gasteiger partial charge in [0.2, 0.25) is 5.91 Å². The Morgan fingerprint density at radius 1 is 1.32 bits per heavy atom. The van der Waals surface area contributed by atoms with E-state index in [0.717, 1.165) is 23.2 Å². The lowest BCUT2D eigenvalue weighted by atomic mass is 10.1. The van der Waals surface area contributed by atoms with Crippen molar-refractivity contribution in [3.05, 3.63) is 29.3 Å². The normalized spacial score (nSPS) is 21.3. The van der Waals surface area contributed by atoms with E-state index < -0.39 is 0 Å². The highest BCUT2D eigenvalue weighted by atomic mass is 16.5. The molecule has 6 heteroatoms.